The molecule has 2 aromatic heterocycles. The lowest BCUT2D eigenvalue weighted by Gasteiger charge is -2.00. The normalized spacial score (nSPS) is 11.8. The maximum absolute atomic E-state index is 13.5. The van der Waals surface area contributed by atoms with Gasteiger partial charge in [0.2, 0.25) is 11.7 Å². The van der Waals surface area contributed by atoms with E-state index in [0.717, 1.165) is 10.7 Å². The molecule has 0 radical (unpaired) electrons. The fraction of sp³-hybridized carbons (Fsp3) is 0. The molecule has 0 amide bonds. The summed E-state index contributed by atoms with van der Waals surface area (Å²) in [7, 11) is 0. The van der Waals surface area contributed by atoms with Crippen molar-refractivity contribution in [1.29, 1.82) is 0 Å². The fourth-order valence-electron chi connectivity index (χ4n) is 1.10. The Balaban J connectivity index is 2.44. The lowest BCUT2D eigenvalue weighted by Crippen LogP contribution is -2.15. The number of halogens is 2. The number of nitrogens with zero attached hydrogens (tertiary/aromatic N) is 5. The Kier molecular flexibility index (Phi) is 2.88. The average molecular weight is 257 g/mol. The van der Waals surface area contributed by atoms with Crippen LogP contribution >= 0.6 is 11.6 Å². The first kappa shape index (κ1) is 11.3. The number of hydrogen-bond acceptors (Lipinski definition) is 5. The number of amidine groups is 1. The molecule has 0 aliphatic heterocycles. The second-order valence-electron chi connectivity index (χ2n) is 2.96. The molecule has 3 N–H and O–H groups in total. The van der Waals surface area contributed by atoms with Crippen LogP contribution < -0.4 is 5.73 Å². The van der Waals surface area contributed by atoms with Gasteiger partial charge in [0.1, 0.15) is 6.33 Å². The summed E-state index contributed by atoms with van der Waals surface area (Å²) in [6, 6.07) is 1.09. The predicted octanol–water partition coefficient (Wildman–Crippen LogP) is 0.549. The van der Waals surface area contributed by atoms with E-state index in [1.54, 1.807) is 0 Å². The SMILES string of the molecule is NC(=NO)c1ncn(-c2ncc(Cl)cc2F)n1. The number of hydrogen-bond donors (Lipinski definition) is 2. The van der Waals surface area contributed by atoms with Crippen LogP contribution in [0.5, 0.6) is 0 Å². The Labute approximate surface area is 99.4 Å². The van der Waals surface area contributed by atoms with Gasteiger partial charge in [-0.25, -0.2) is 14.4 Å². The average Bonchev–Trinajstić information content (AvgIpc) is 2.77. The van der Waals surface area contributed by atoms with Crippen LogP contribution in [0.3, 0.4) is 0 Å². The maximum atomic E-state index is 13.5. The monoisotopic (exact) mass is 256 g/mol. The maximum Gasteiger partial charge on any atom is 0.220 e. The number of rotatable bonds is 2. The molecule has 7 nitrogen and oxygen atoms in total. The van der Waals surface area contributed by atoms with Crippen LogP contribution in [0.25, 0.3) is 5.82 Å². The van der Waals surface area contributed by atoms with Crippen molar-refractivity contribution in [2.24, 2.45) is 10.9 Å². The highest BCUT2D eigenvalue weighted by molar-refractivity contribution is 6.30. The largest absolute Gasteiger partial charge is 0.409 e. The van der Waals surface area contributed by atoms with E-state index in [1.165, 1.54) is 12.5 Å². The van der Waals surface area contributed by atoms with Crippen molar-refractivity contribution in [3.63, 3.8) is 0 Å². The van der Waals surface area contributed by atoms with Crippen LogP contribution in [-0.4, -0.2) is 30.8 Å². The molecule has 0 unspecified atom stereocenters. The van der Waals surface area contributed by atoms with Crippen LogP contribution in [0.2, 0.25) is 5.02 Å². The van der Waals surface area contributed by atoms with Crippen molar-refractivity contribution >= 4 is 17.4 Å². The van der Waals surface area contributed by atoms with Gasteiger partial charge in [-0.05, 0) is 6.07 Å². The first-order valence-corrected chi connectivity index (χ1v) is 4.70. The second kappa shape index (κ2) is 4.34. The molecule has 0 saturated carbocycles. The van der Waals surface area contributed by atoms with Crippen molar-refractivity contribution in [2.45, 2.75) is 0 Å². The summed E-state index contributed by atoms with van der Waals surface area (Å²) in [5.74, 6) is -1.06. The molecule has 0 aliphatic rings. The molecule has 2 rings (SSSR count). The zero-order valence-electron chi connectivity index (χ0n) is 8.25. The number of aromatic nitrogens is 4. The van der Waals surface area contributed by atoms with E-state index in [-0.39, 0.29) is 22.5 Å². The molecule has 2 aromatic rings. The number of oxime groups is 1. The Morgan fingerprint density at radius 3 is 2.94 bits per heavy atom. The van der Waals surface area contributed by atoms with Crippen molar-refractivity contribution < 1.29 is 9.60 Å². The van der Waals surface area contributed by atoms with E-state index in [4.69, 9.17) is 22.5 Å². The van der Waals surface area contributed by atoms with Crippen LogP contribution in [-0.2, 0) is 0 Å². The topological polar surface area (TPSA) is 102 Å². The van der Waals surface area contributed by atoms with E-state index in [0.29, 0.717) is 0 Å². The predicted molar refractivity (Wildman–Crippen MR) is 56.6 cm³/mol. The Hall–Kier alpha value is -2.22. The molecule has 17 heavy (non-hydrogen) atoms. The molecular formula is C8H6ClFN6O. The van der Waals surface area contributed by atoms with E-state index in [2.05, 4.69) is 20.2 Å². The quantitative estimate of drug-likeness (QED) is 0.354. The van der Waals surface area contributed by atoms with E-state index < -0.39 is 5.82 Å². The molecule has 0 fully saturated rings. The van der Waals surface area contributed by atoms with Gasteiger partial charge < -0.3 is 10.9 Å². The van der Waals surface area contributed by atoms with Gasteiger partial charge in [-0.2, -0.15) is 4.68 Å². The van der Waals surface area contributed by atoms with Crippen LogP contribution in [0.15, 0.2) is 23.7 Å². The smallest absolute Gasteiger partial charge is 0.220 e. The lowest BCUT2D eigenvalue weighted by molar-refractivity contribution is 0.318. The highest BCUT2D eigenvalue weighted by Gasteiger charge is 2.11. The van der Waals surface area contributed by atoms with Crippen molar-refractivity contribution in [2.75, 3.05) is 0 Å². The standard InChI is InChI=1S/C8H6ClFN6O/c9-4-1-5(10)8(12-2-4)16-3-13-7(14-16)6(11)15-17/h1-3,17H,(H2,11,15). The summed E-state index contributed by atoms with van der Waals surface area (Å²) in [5.41, 5.74) is 5.27. The van der Waals surface area contributed by atoms with Crippen molar-refractivity contribution in [3.8, 4) is 5.82 Å². The summed E-state index contributed by atoms with van der Waals surface area (Å²) in [4.78, 5) is 7.48. The van der Waals surface area contributed by atoms with Gasteiger partial charge in [0.15, 0.2) is 11.6 Å². The van der Waals surface area contributed by atoms with Gasteiger partial charge in [0.05, 0.1) is 5.02 Å². The molecule has 9 heteroatoms. The van der Waals surface area contributed by atoms with Gasteiger partial charge in [-0.15, -0.1) is 5.10 Å². The van der Waals surface area contributed by atoms with Crippen LogP contribution in [0.4, 0.5) is 4.39 Å². The molecule has 0 saturated heterocycles. The van der Waals surface area contributed by atoms with Crippen LogP contribution in [0, 0.1) is 5.82 Å². The molecule has 0 bridgehead atoms. The molecule has 0 spiro atoms. The molecular weight excluding hydrogens is 251 g/mol. The Morgan fingerprint density at radius 2 is 2.29 bits per heavy atom. The minimum Gasteiger partial charge on any atom is -0.409 e. The molecule has 88 valence electrons. The number of pyridine rings is 1. The van der Waals surface area contributed by atoms with Crippen LogP contribution in [0.1, 0.15) is 5.82 Å². The third-order valence-electron chi connectivity index (χ3n) is 1.83. The van der Waals surface area contributed by atoms with E-state index >= 15 is 0 Å². The Morgan fingerprint density at radius 1 is 1.53 bits per heavy atom. The summed E-state index contributed by atoms with van der Waals surface area (Å²) in [5, 5.41) is 15.1. The third kappa shape index (κ3) is 2.16. The highest BCUT2D eigenvalue weighted by Crippen LogP contribution is 2.14. The van der Waals surface area contributed by atoms with Crippen molar-refractivity contribution in [1.82, 2.24) is 19.7 Å². The Bertz CT molecular complexity index is 583. The van der Waals surface area contributed by atoms with Gasteiger partial charge in [-0.1, -0.05) is 16.8 Å². The van der Waals surface area contributed by atoms with Gasteiger partial charge in [-0.3, -0.25) is 0 Å². The molecule has 0 aliphatic carbocycles. The second-order valence-corrected chi connectivity index (χ2v) is 3.39. The fourth-order valence-corrected chi connectivity index (χ4v) is 1.25. The third-order valence-corrected chi connectivity index (χ3v) is 2.04. The minimum absolute atomic E-state index is 0.0383. The van der Waals surface area contributed by atoms with E-state index in [9.17, 15) is 4.39 Å². The van der Waals surface area contributed by atoms with E-state index in [1.807, 2.05) is 0 Å². The summed E-state index contributed by atoms with van der Waals surface area (Å²) < 4.78 is 14.5. The number of nitrogens with two attached hydrogens (primary N) is 1. The van der Waals surface area contributed by atoms with Gasteiger partial charge in [0.25, 0.3) is 0 Å². The summed E-state index contributed by atoms with van der Waals surface area (Å²) in [6.07, 6.45) is 2.46. The van der Waals surface area contributed by atoms with Crippen molar-refractivity contribution in [3.05, 3.63) is 35.3 Å². The summed E-state index contributed by atoms with van der Waals surface area (Å²) in [6.45, 7) is 0. The summed E-state index contributed by atoms with van der Waals surface area (Å²) >= 11 is 5.56. The molecule has 0 atom stereocenters. The van der Waals surface area contributed by atoms with Gasteiger partial charge >= 0.3 is 0 Å². The van der Waals surface area contributed by atoms with Gasteiger partial charge in [0, 0.05) is 6.20 Å². The minimum atomic E-state index is -0.659. The lowest BCUT2D eigenvalue weighted by atomic mass is 10.4. The zero-order valence-corrected chi connectivity index (χ0v) is 9.00. The molecule has 0 aromatic carbocycles. The first-order valence-electron chi connectivity index (χ1n) is 4.33. The highest BCUT2D eigenvalue weighted by atomic mass is 35.5. The zero-order chi connectivity index (χ0) is 12.4. The first-order chi connectivity index (χ1) is 8.11. The molecule has 2 heterocycles.